The van der Waals surface area contributed by atoms with Crippen molar-refractivity contribution < 1.29 is 4.74 Å². The molecule has 1 aliphatic carbocycles. The highest BCUT2D eigenvalue weighted by molar-refractivity contribution is 6.32. The van der Waals surface area contributed by atoms with Crippen molar-refractivity contribution in [2.75, 3.05) is 7.11 Å². The van der Waals surface area contributed by atoms with Crippen LogP contribution in [0.1, 0.15) is 24.0 Å². The first-order chi connectivity index (χ1) is 7.14. The standard InChI is InChI=1S/C12H12ClNO/c1-8-3-4-9(15-2)10(11(8)13)12(7-14)5-6-12/h3-4H,5-6H2,1-2H3. The highest BCUT2D eigenvalue weighted by Gasteiger charge is 2.48. The number of nitrogens with zero attached hydrogens (tertiary/aromatic N) is 1. The largest absolute Gasteiger partial charge is 0.496 e. The van der Waals surface area contributed by atoms with E-state index in [1.165, 1.54) is 0 Å². The molecule has 1 aromatic carbocycles. The topological polar surface area (TPSA) is 33.0 Å². The Balaban J connectivity index is 2.63. The van der Waals surface area contributed by atoms with Gasteiger partial charge in [-0.2, -0.15) is 5.26 Å². The van der Waals surface area contributed by atoms with Crippen molar-refractivity contribution >= 4 is 11.6 Å². The Morgan fingerprint density at radius 2 is 2.13 bits per heavy atom. The van der Waals surface area contributed by atoms with Crippen LogP contribution in [-0.4, -0.2) is 7.11 Å². The summed E-state index contributed by atoms with van der Waals surface area (Å²) in [5.41, 5.74) is 1.47. The van der Waals surface area contributed by atoms with Gasteiger partial charge in [-0.25, -0.2) is 0 Å². The second-order valence-electron chi connectivity index (χ2n) is 3.97. The Bertz CT molecular complexity index is 444. The van der Waals surface area contributed by atoms with Crippen molar-refractivity contribution in [1.82, 2.24) is 0 Å². The summed E-state index contributed by atoms with van der Waals surface area (Å²) in [5, 5.41) is 9.86. The molecule has 0 aromatic heterocycles. The van der Waals surface area contributed by atoms with Gasteiger partial charge in [-0.1, -0.05) is 17.7 Å². The van der Waals surface area contributed by atoms with E-state index in [0.717, 1.165) is 29.7 Å². The molecule has 0 spiro atoms. The van der Waals surface area contributed by atoms with Crippen LogP contribution in [0.25, 0.3) is 0 Å². The van der Waals surface area contributed by atoms with E-state index >= 15 is 0 Å². The second kappa shape index (κ2) is 3.43. The molecule has 1 saturated carbocycles. The molecule has 0 atom stereocenters. The lowest BCUT2D eigenvalue weighted by Crippen LogP contribution is -2.07. The van der Waals surface area contributed by atoms with E-state index in [-0.39, 0.29) is 0 Å². The maximum absolute atomic E-state index is 9.18. The minimum atomic E-state index is -0.394. The first-order valence-corrected chi connectivity index (χ1v) is 5.27. The van der Waals surface area contributed by atoms with Crippen LogP contribution in [0.15, 0.2) is 12.1 Å². The van der Waals surface area contributed by atoms with E-state index in [2.05, 4.69) is 6.07 Å². The van der Waals surface area contributed by atoms with E-state index < -0.39 is 5.41 Å². The number of benzene rings is 1. The fourth-order valence-electron chi connectivity index (χ4n) is 1.82. The lowest BCUT2D eigenvalue weighted by Gasteiger charge is -2.15. The Morgan fingerprint density at radius 3 is 2.60 bits per heavy atom. The first kappa shape index (κ1) is 10.3. The summed E-state index contributed by atoms with van der Waals surface area (Å²) in [4.78, 5) is 0. The summed E-state index contributed by atoms with van der Waals surface area (Å²) in [7, 11) is 1.61. The molecule has 0 unspecified atom stereocenters. The SMILES string of the molecule is COc1ccc(C)c(Cl)c1C1(C#N)CC1. The van der Waals surface area contributed by atoms with Gasteiger partial charge in [0.05, 0.1) is 23.6 Å². The average Bonchev–Trinajstić information content (AvgIpc) is 3.02. The Hall–Kier alpha value is -1.20. The third-order valence-corrected chi connectivity index (χ3v) is 3.45. The van der Waals surface area contributed by atoms with E-state index in [9.17, 15) is 5.26 Å². The van der Waals surface area contributed by atoms with Crippen LogP contribution in [0.3, 0.4) is 0 Å². The van der Waals surface area contributed by atoms with Gasteiger partial charge in [0.15, 0.2) is 0 Å². The molecular formula is C12H12ClNO. The number of rotatable bonds is 2. The minimum Gasteiger partial charge on any atom is -0.496 e. The van der Waals surface area contributed by atoms with Crippen LogP contribution < -0.4 is 4.74 Å². The molecule has 0 aliphatic heterocycles. The van der Waals surface area contributed by atoms with Gasteiger partial charge in [-0.05, 0) is 31.4 Å². The second-order valence-corrected chi connectivity index (χ2v) is 4.35. The molecule has 0 saturated heterocycles. The molecular weight excluding hydrogens is 210 g/mol. The third-order valence-electron chi connectivity index (χ3n) is 2.96. The van der Waals surface area contributed by atoms with Gasteiger partial charge < -0.3 is 4.74 Å². The van der Waals surface area contributed by atoms with Crippen LogP contribution in [0.4, 0.5) is 0 Å². The zero-order chi connectivity index (χ0) is 11.1. The number of aryl methyl sites for hydroxylation is 1. The highest BCUT2D eigenvalue weighted by Crippen LogP contribution is 2.53. The maximum Gasteiger partial charge on any atom is 0.125 e. The van der Waals surface area contributed by atoms with Crippen LogP contribution >= 0.6 is 11.6 Å². The third kappa shape index (κ3) is 1.48. The summed E-state index contributed by atoms with van der Waals surface area (Å²) in [6.45, 7) is 1.94. The molecule has 1 aliphatic rings. The van der Waals surface area contributed by atoms with Crippen LogP contribution in [0, 0.1) is 18.3 Å². The number of methoxy groups -OCH3 is 1. The molecule has 2 rings (SSSR count). The van der Waals surface area contributed by atoms with E-state index in [1.807, 2.05) is 19.1 Å². The lowest BCUT2D eigenvalue weighted by atomic mass is 9.95. The maximum atomic E-state index is 9.18. The monoisotopic (exact) mass is 221 g/mol. The summed E-state index contributed by atoms with van der Waals surface area (Å²) in [6.07, 6.45) is 1.76. The van der Waals surface area contributed by atoms with Gasteiger partial charge in [-0.15, -0.1) is 0 Å². The van der Waals surface area contributed by atoms with Gasteiger partial charge in [0.2, 0.25) is 0 Å². The Morgan fingerprint density at radius 1 is 1.47 bits per heavy atom. The van der Waals surface area contributed by atoms with E-state index in [4.69, 9.17) is 16.3 Å². The van der Waals surface area contributed by atoms with E-state index in [1.54, 1.807) is 7.11 Å². The molecule has 2 nitrogen and oxygen atoms in total. The van der Waals surface area contributed by atoms with Crippen molar-refractivity contribution in [3.05, 3.63) is 28.3 Å². The Kier molecular flexibility index (Phi) is 2.36. The van der Waals surface area contributed by atoms with Crippen LogP contribution in [0.5, 0.6) is 5.75 Å². The van der Waals surface area contributed by atoms with Crippen molar-refractivity contribution in [1.29, 1.82) is 5.26 Å². The molecule has 1 fully saturated rings. The first-order valence-electron chi connectivity index (χ1n) is 4.89. The van der Waals surface area contributed by atoms with Gasteiger partial charge >= 0.3 is 0 Å². The fourth-order valence-corrected chi connectivity index (χ4v) is 2.16. The Labute approximate surface area is 94.4 Å². The molecule has 1 aromatic rings. The van der Waals surface area contributed by atoms with Gasteiger partial charge in [-0.3, -0.25) is 0 Å². The fraction of sp³-hybridized carbons (Fsp3) is 0.417. The number of hydrogen-bond acceptors (Lipinski definition) is 2. The molecule has 0 amide bonds. The quantitative estimate of drug-likeness (QED) is 0.768. The molecule has 0 heterocycles. The van der Waals surface area contributed by atoms with Crippen molar-refractivity contribution in [2.24, 2.45) is 0 Å². The number of hydrogen-bond donors (Lipinski definition) is 0. The van der Waals surface area contributed by atoms with Gasteiger partial charge in [0.1, 0.15) is 5.75 Å². The van der Waals surface area contributed by atoms with Crippen LogP contribution in [-0.2, 0) is 5.41 Å². The zero-order valence-corrected chi connectivity index (χ0v) is 9.56. The van der Waals surface area contributed by atoms with Crippen molar-refractivity contribution in [2.45, 2.75) is 25.2 Å². The molecule has 0 radical (unpaired) electrons. The van der Waals surface area contributed by atoms with Gasteiger partial charge in [0.25, 0.3) is 0 Å². The normalized spacial score (nSPS) is 16.9. The smallest absolute Gasteiger partial charge is 0.125 e. The number of nitriles is 1. The number of halogens is 1. The van der Waals surface area contributed by atoms with Crippen molar-refractivity contribution in [3.8, 4) is 11.8 Å². The summed E-state index contributed by atoms with van der Waals surface area (Å²) >= 11 is 6.25. The molecule has 78 valence electrons. The summed E-state index contributed by atoms with van der Waals surface area (Å²) in [5.74, 6) is 0.727. The lowest BCUT2D eigenvalue weighted by molar-refractivity contribution is 0.407. The minimum absolute atomic E-state index is 0.394. The molecule has 0 N–H and O–H groups in total. The average molecular weight is 222 g/mol. The zero-order valence-electron chi connectivity index (χ0n) is 8.80. The predicted molar refractivity (Wildman–Crippen MR) is 59.3 cm³/mol. The highest BCUT2D eigenvalue weighted by atomic mass is 35.5. The van der Waals surface area contributed by atoms with E-state index in [0.29, 0.717) is 5.02 Å². The van der Waals surface area contributed by atoms with Gasteiger partial charge in [0, 0.05) is 5.56 Å². The summed E-state index contributed by atoms with van der Waals surface area (Å²) < 4.78 is 5.27. The number of ether oxygens (including phenoxy) is 1. The molecule has 0 bridgehead atoms. The summed E-state index contributed by atoms with van der Waals surface area (Å²) in [6, 6.07) is 6.14. The predicted octanol–water partition coefficient (Wildman–Crippen LogP) is 3.21. The van der Waals surface area contributed by atoms with Crippen LogP contribution in [0.2, 0.25) is 5.02 Å². The van der Waals surface area contributed by atoms with Crippen molar-refractivity contribution in [3.63, 3.8) is 0 Å². The molecule has 15 heavy (non-hydrogen) atoms. The molecule has 3 heteroatoms.